The Morgan fingerprint density at radius 1 is 1.59 bits per heavy atom. The van der Waals surface area contributed by atoms with Gasteiger partial charge in [0.25, 0.3) is 0 Å². The lowest BCUT2D eigenvalue weighted by molar-refractivity contribution is 0.304. The number of nitrogens with zero attached hydrogens (tertiary/aromatic N) is 1. The predicted molar refractivity (Wildman–Crippen MR) is 72.4 cm³/mol. The Morgan fingerprint density at radius 2 is 2.35 bits per heavy atom. The van der Waals surface area contributed by atoms with Gasteiger partial charge in [-0.05, 0) is 41.8 Å². The smallest absolute Gasteiger partial charge is 0.144 e. The second-order valence-corrected chi connectivity index (χ2v) is 5.56. The summed E-state index contributed by atoms with van der Waals surface area (Å²) in [6.07, 6.45) is 1.91. The van der Waals surface area contributed by atoms with Crippen molar-refractivity contribution in [2.45, 2.75) is 33.2 Å². The summed E-state index contributed by atoms with van der Waals surface area (Å²) in [5.41, 5.74) is 6.71. The first-order valence-electron chi connectivity index (χ1n) is 5.76. The molecule has 1 aromatic rings. The number of amidine groups is 1. The summed E-state index contributed by atoms with van der Waals surface area (Å²) < 4.78 is 0. The maximum atomic E-state index is 8.65. The van der Waals surface area contributed by atoms with Crippen LogP contribution in [0.4, 0.5) is 0 Å². The molecule has 4 nitrogen and oxygen atoms in total. The van der Waals surface area contributed by atoms with E-state index in [4.69, 9.17) is 10.9 Å². The van der Waals surface area contributed by atoms with Gasteiger partial charge < -0.3 is 16.3 Å². The average Bonchev–Trinajstić information content (AvgIpc) is 2.80. The molecule has 0 saturated heterocycles. The van der Waals surface area contributed by atoms with E-state index in [2.05, 4.69) is 27.3 Å². The number of thiophene rings is 1. The van der Waals surface area contributed by atoms with Crippen molar-refractivity contribution in [3.05, 3.63) is 22.4 Å². The van der Waals surface area contributed by atoms with Crippen molar-refractivity contribution in [1.82, 2.24) is 5.32 Å². The summed E-state index contributed by atoms with van der Waals surface area (Å²) in [5, 5.41) is 19.3. The number of rotatable bonds is 7. The Morgan fingerprint density at radius 3 is 2.94 bits per heavy atom. The zero-order valence-electron chi connectivity index (χ0n) is 10.4. The second-order valence-electron chi connectivity index (χ2n) is 4.78. The zero-order chi connectivity index (χ0) is 12.7. The highest BCUT2D eigenvalue weighted by atomic mass is 32.1. The van der Waals surface area contributed by atoms with Gasteiger partial charge >= 0.3 is 0 Å². The number of hydrogen-bond donors (Lipinski definition) is 3. The molecule has 1 rings (SSSR count). The first-order chi connectivity index (χ1) is 8.06. The molecule has 0 atom stereocenters. The van der Waals surface area contributed by atoms with Crippen molar-refractivity contribution in [3.63, 3.8) is 0 Å². The second kappa shape index (κ2) is 6.61. The van der Waals surface area contributed by atoms with E-state index < -0.39 is 0 Å². The molecule has 4 N–H and O–H groups in total. The van der Waals surface area contributed by atoms with Gasteiger partial charge in [0.05, 0.1) is 0 Å². The lowest BCUT2D eigenvalue weighted by Gasteiger charge is -2.22. The maximum absolute atomic E-state index is 8.65. The van der Waals surface area contributed by atoms with Crippen molar-refractivity contribution in [3.8, 4) is 0 Å². The topological polar surface area (TPSA) is 70.6 Å². The van der Waals surface area contributed by atoms with E-state index in [-0.39, 0.29) is 5.41 Å². The summed E-state index contributed by atoms with van der Waals surface area (Å²) in [6, 6.07) is 2.12. The summed E-state index contributed by atoms with van der Waals surface area (Å²) >= 11 is 1.71. The highest BCUT2D eigenvalue weighted by Gasteiger charge is 2.22. The van der Waals surface area contributed by atoms with Crippen LogP contribution in [0.25, 0.3) is 0 Å². The fraction of sp³-hybridized carbons (Fsp3) is 0.583. The van der Waals surface area contributed by atoms with Gasteiger partial charge in [-0.1, -0.05) is 19.0 Å². The molecule has 96 valence electrons. The van der Waals surface area contributed by atoms with Gasteiger partial charge in [-0.3, -0.25) is 0 Å². The maximum Gasteiger partial charge on any atom is 0.144 e. The van der Waals surface area contributed by atoms with Crippen LogP contribution in [0.2, 0.25) is 0 Å². The molecule has 5 heteroatoms. The summed E-state index contributed by atoms with van der Waals surface area (Å²) in [6.45, 7) is 5.83. The van der Waals surface area contributed by atoms with Crippen molar-refractivity contribution in [1.29, 1.82) is 0 Å². The molecule has 0 unspecified atom stereocenters. The number of oxime groups is 1. The Bertz CT molecular complexity index is 347. The summed E-state index contributed by atoms with van der Waals surface area (Å²) in [7, 11) is 0. The van der Waals surface area contributed by atoms with Gasteiger partial charge in [0.1, 0.15) is 5.84 Å². The molecule has 0 spiro atoms. The first-order valence-corrected chi connectivity index (χ1v) is 6.70. The fourth-order valence-electron chi connectivity index (χ4n) is 1.54. The molecule has 1 aromatic heterocycles. The fourth-order valence-corrected chi connectivity index (χ4v) is 2.21. The van der Waals surface area contributed by atoms with Crippen molar-refractivity contribution < 1.29 is 5.21 Å². The SMILES string of the molecule is CC(C)(CCCNCc1ccsc1)C(N)=NO. The lowest BCUT2D eigenvalue weighted by Crippen LogP contribution is -2.32. The van der Waals surface area contributed by atoms with E-state index in [0.29, 0.717) is 5.84 Å². The Kier molecular flexibility index (Phi) is 5.44. The van der Waals surface area contributed by atoms with E-state index in [1.54, 1.807) is 11.3 Å². The van der Waals surface area contributed by atoms with Crippen LogP contribution in [0.1, 0.15) is 32.3 Å². The van der Waals surface area contributed by atoms with Crippen molar-refractivity contribution in [2.75, 3.05) is 6.54 Å². The van der Waals surface area contributed by atoms with Crippen LogP contribution in [0, 0.1) is 5.41 Å². The van der Waals surface area contributed by atoms with Crippen LogP contribution >= 0.6 is 11.3 Å². The predicted octanol–water partition coefficient (Wildman–Crippen LogP) is 2.39. The van der Waals surface area contributed by atoms with Gasteiger partial charge in [-0.25, -0.2) is 0 Å². The Hall–Kier alpha value is -1.07. The van der Waals surface area contributed by atoms with Gasteiger partial charge in [0, 0.05) is 12.0 Å². The molecule has 0 radical (unpaired) electrons. The van der Waals surface area contributed by atoms with Gasteiger partial charge in [-0.15, -0.1) is 0 Å². The van der Waals surface area contributed by atoms with Crippen molar-refractivity contribution >= 4 is 17.2 Å². The van der Waals surface area contributed by atoms with E-state index in [0.717, 1.165) is 25.9 Å². The molecule has 0 aliphatic rings. The number of nitrogens with two attached hydrogens (primary N) is 1. The quantitative estimate of drug-likeness (QED) is 0.230. The molecule has 0 amide bonds. The third-order valence-corrected chi connectivity index (χ3v) is 3.60. The molecule has 0 bridgehead atoms. The molecule has 0 aromatic carbocycles. The third-order valence-electron chi connectivity index (χ3n) is 2.87. The Labute approximate surface area is 107 Å². The molecule has 0 saturated carbocycles. The molecule has 0 fully saturated rings. The number of nitrogens with one attached hydrogen (secondary N) is 1. The first kappa shape index (κ1) is 14.0. The molecule has 1 heterocycles. The largest absolute Gasteiger partial charge is 0.409 e. The third kappa shape index (κ3) is 4.75. The van der Waals surface area contributed by atoms with Crippen molar-refractivity contribution in [2.24, 2.45) is 16.3 Å². The average molecular weight is 255 g/mol. The van der Waals surface area contributed by atoms with Crippen LogP contribution in [-0.4, -0.2) is 17.6 Å². The standard InChI is InChI=1S/C12H21N3OS/c1-12(2,11(13)15-16)5-3-6-14-8-10-4-7-17-9-10/h4,7,9,14,16H,3,5-6,8H2,1-2H3,(H2,13,15). The molecular formula is C12H21N3OS. The minimum atomic E-state index is -0.237. The summed E-state index contributed by atoms with van der Waals surface area (Å²) in [4.78, 5) is 0. The highest BCUT2D eigenvalue weighted by Crippen LogP contribution is 2.21. The monoisotopic (exact) mass is 255 g/mol. The minimum absolute atomic E-state index is 0.237. The minimum Gasteiger partial charge on any atom is -0.409 e. The lowest BCUT2D eigenvalue weighted by atomic mass is 9.86. The van der Waals surface area contributed by atoms with Crippen LogP contribution in [0.15, 0.2) is 22.0 Å². The summed E-state index contributed by atoms with van der Waals surface area (Å²) in [5.74, 6) is 0.301. The van der Waals surface area contributed by atoms with Crippen LogP contribution in [0.3, 0.4) is 0 Å². The molecule has 17 heavy (non-hydrogen) atoms. The van der Waals surface area contributed by atoms with Crippen LogP contribution in [-0.2, 0) is 6.54 Å². The van der Waals surface area contributed by atoms with Gasteiger partial charge in [0.15, 0.2) is 0 Å². The van der Waals surface area contributed by atoms with E-state index in [1.807, 2.05) is 13.8 Å². The molecule has 0 aliphatic carbocycles. The highest BCUT2D eigenvalue weighted by molar-refractivity contribution is 7.07. The van der Waals surface area contributed by atoms with E-state index in [1.165, 1.54) is 5.56 Å². The van der Waals surface area contributed by atoms with E-state index >= 15 is 0 Å². The number of hydrogen-bond acceptors (Lipinski definition) is 4. The normalized spacial score (nSPS) is 12.9. The molecular weight excluding hydrogens is 234 g/mol. The van der Waals surface area contributed by atoms with Gasteiger partial charge in [-0.2, -0.15) is 11.3 Å². The molecule has 0 aliphatic heterocycles. The zero-order valence-corrected chi connectivity index (χ0v) is 11.3. The van der Waals surface area contributed by atoms with E-state index in [9.17, 15) is 0 Å². The van der Waals surface area contributed by atoms with Crippen LogP contribution < -0.4 is 11.1 Å². The Balaban J connectivity index is 2.16. The van der Waals surface area contributed by atoms with Crippen LogP contribution in [0.5, 0.6) is 0 Å². The van der Waals surface area contributed by atoms with Gasteiger partial charge in [0.2, 0.25) is 0 Å².